The summed E-state index contributed by atoms with van der Waals surface area (Å²) in [5, 5.41) is 15.2. The minimum atomic E-state index is -3.09. The molecule has 0 amide bonds. The maximum Gasteiger partial charge on any atom is 0.154 e. The first-order chi connectivity index (χ1) is 10.1. The first kappa shape index (κ1) is 15.4. The highest BCUT2D eigenvalue weighted by Crippen LogP contribution is 2.28. The number of thiophene rings is 1. The van der Waals surface area contributed by atoms with E-state index in [1.807, 2.05) is 0 Å². The second-order valence-corrected chi connectivity index (χ2v) is 9.07. The number of sulfone groups is 1. The number of rotatable bonds is 5. The minimum absolute atomic E-state index is 0.0470. The van der Waals surface area contributed by atoms with E-state index in [-0.39, 0.29) is 23.6 Å². The molecule has 3 heterocycles. The molecule has 2 aliphatic heterocycles. The summed E-state index contributed by atoms with van der Waals surface area (Å²) in [6, 6.07) is 4.14. The van der Waals surface area contributed by atoms with Crippen LogP contribution in [0.2, 0.25) is 0 Å². The predicted octanol–water partition coefficient (Wildman–Crippen LogP) is 0.632. The molecule has 2 saturated heterocycles. The van der Waals surface area contributed by atoms with Crippen LogP contribution < -0.4 is 5.32 Å². The Bertz CT molecular complexity index is 553. The van der Waals surface area contributed by atoms with Gasteiger partial charge in [-0.05, 0) is 37.4 Å². The van der Waals surface area contributed by atoms with Gasteiger partial charge in [0.05, 0.1) is 23.7 Å². The van der Waals surface area contributed by atoms with Crippen molar-refractivity contribution in [3.63, 3.8) is 0 Å². The summed E-state index contributed by atoms with van der Waals surface area (Å²) in [7, 11) is -3.09. The molecule has 3 rings (SSSR count). The number of likely N-dealkylation sites (tertiary alicyclic amines) is 1. The number of aliphatic hydroxyl groups excluding tert-OH is 1. The fourth-order valence-electron chi connectivity index (χ4n) is 3.23. The van der Waals surface area contributed by atoms with E-state index in [0.29, 0.717) is 6.54 Å². The topological polar surface area (TPSA) is 69.6 Å². The molecule has 0 spiro atoms. The minimum Gasteiger partial charge on any atom is -0.390 e. The van der Waals surface area contributed by atoms with Gasteiger partial charge in [-0.2, -0.15) is 0 Å². The smallest absolute Gasteiger partial charge is 0.154 e. The van der Waals surface area contributed by atoms with Crippen LogP contribution in [0.25, 0.3) is 0 Å². The maximum absolute atomic E-state index is 11.6. The van der Waals surface area contributed by atoms with Crippen molar-refractivity contribution < 1.29 is 13.5 Å². The zero-order valence-electron chi connectivity index (χ0n) is 11.9. The molecular formula is C14H22N2O3S2. The van der Waals surface area contributed by atoms with Crippen molar-refractivity contribution in [2.75, 3.05) is 31.1 Å². The fraction of sp³-hybridized carbons (Fsp3) is 0.714. The molecule has 118 valence electrons. The molecule has 2 aliphatic rings. The van der Waals surface area contributed by atoms with Gasteiger partial charge in [-0.3, -0.25) is 4.90 Å². The van der Waals surface area contributed by atoms with Crippen LogP contribution in [0, 0.1) is 0 Å². The normalized spacial score (nSPS) is 30.7. The van der Waals surface area contributed by atoms with Crippen LogP contribution in [-0.2, 0) is 9.84 Å². The van der Waals surface area contributed by atoms with E-state index >= 15 is 0 Å². The van der Waals surface area contributed by atoms with Crippen LogP contribution in [0.4, 0.5) is 0 Å². The van der Waals surface area contributed by atoms with E-state index < -0.39 is 15.9 Å². The number of hydrogen-bond donors (Lipinski definition) is 2. The molecule has 2 fully saturated rings. The molecule has 21 heavy (non-hydrogen) atoms. The summed E-state index contributed by atoms with van der Waals surface area (Å²) in [5.41, 5.74) is 0. The Hall–Kier alpha value is -0.470. The van der Waals surface area contributed by atoms with Gasteiger partial charge in [0.2, 0.25) is 0 Å². The van der Waals surface area contributed by atoms with E-state index in [4.69, 9.17) is 0 Å². The maximum atomic E-state index is 11.6. The van der Waals surface area contributed by atoms with Crippen LogP contribution in [-0.4, -0.2) is 61.7 Å². The molecule has 0 unspecified atom stereocenters. The van der Waals surface area contributed by atoms with Gasteiger partial charge in [0.15, 0.2) is 9.84 Å². The third-order valence-electron chi connectivity index (χ3n) is 4.35. The van der Waals surface area contributed by atoms with E-state index in [1.54, 1.807) is 11.3 Å². The first-order valence-corrected chi connectivity index (χ1v) is 10.1. The van der Waals surface area contributed by atoms with Gasteiger partial charge in [0.1, 0.15) is 0 Å². The SMILES string of the molecule is O=S1(=O)C[C@@H](O)[C@H](NC[C@@H](c2cccs2)N2CCCC2)C1. The van der Waals surface area contributed by atoms with Crippen LogP contribution in [0.15, 0.2) is 17.5 Å². The van der Waals surface area contributed by atoms with Crippen molar-refractivity contribution in [1.82, 2.24) is 10.2 Å². The second kappa shape index (κ2) is 6.34. The Morgan fingerprint density at radius 1 is 1.38 bits per heavy atom. The lowest BCUT2D eigenvalue weighted by atomic mass is 10.1. The summed E-state index contributed by atoms with van der Waals surface area (Å²) in [4.78, 5) is 3.76. The van der Waals surface area contributed by atoms with E-state index in [1.165, 1.54) is 17.7 Å². The largest absolute Gasteiger partial charge is 0.390 e. The van der Waals surface area contributed by atoms with Gasteiger partial charge in [-0.1, -0.05) is 6.07 Å². The zero-order chi connectivity index (χ0) is 14.9. The molecular weight excluding hydrogens is 308 g/mol. The molecule has 5 nitrogen and oxygen atoms in total. The summed E-state index contributed by atoms with van der Waals surface area (Å²) in [6.07, 6.45) is 1.67. The van der Waals surface area contributed by atoms with Gasteiger partial charge in [-0.15, -0.1) is 11.3 Å². The van der Waals surface area contributed by atoms with Gasteiger partial charge >= 0.3 is 0 Å². The molecule has 1 aromatic heterocycles. The van der Waals surface area contributed by atoms with Crippen LogP contribution in [0.5, 0.6) is 0 Å². The van der Waals surface area contributed by atoms with Gasteiger partial charge < -0.3 is 10.4 Å². The first-order valence-electron chi connectivity index (χ1n) is 7.44. The summed E-state index contributed by atoms with van der Waals surface area (Å²) in [5.74, 6) is -0.0661. The summed E-state index contributed by atoms with van der Waals surface area (Å²) in [6.45, 7) is 2.88. The molecule has 7 heteroatoms. The van der Waals surface area contributed by atoms with Crippen LogP contribution in [0.3, 0.4) is 0 Å². The van der Waals surface area contributed by atoms with E-state index in [9.17, 15) is 13.5 Å². The Labute approximate surface area is 129 Å². The highest BCUT2D eigenvalue weighted by atomic mass is 32.2. The molecule has 0 aromatic carbocycles. The Kier molecular flexibility index (Phi) is 4.66. The van der Waals surface area contributed by atoms with E-state index in [0.717, 1.165) is 13.1 Å². The molecule has 2 N–H and O–H groups in total. The molecule has 0 aliphatic carbocycles. The van der Waals surface area contributed by atoms with Gasteiger partial charge in [-0.25, -0.2) is 8.42 Å². The third kappa shape index (κ3) is 3.65. The van der Waals surface area contributed by atoms with Crippen molar-refractivity contribution in [3.8, 4) is 0 Å². The summed E-state index contributed by atoms with van der Waals surface area (Å²) >= 11 is 1.74. The fourth-order valence-corrected chi connectivity index (χ4v) is 5.87. The second-order valence-electron chi connectivity index (χ2n) is 5.93. The van der Waals surface area contributed by atoms with Crippen LogP contribution >= 0.6 is 11.3 Å². The van der Waals surface area contributed by atoms with Crippen LogP contribution in [0.1, 0.15) is 23.8 Å². The van der Waals surface area contributed by atoms with Crippen molar-refractivity contribution in [3.05, 3.63) is 22.4 Å². The number of nitrogens with zero attached hydrogens (tertiary/aromatic N) is 1. The lowest BCUT2D eigenvalue weighted by molar-refractivity contribution is 0.155. The van der Waals surface area contributed by atoms with Gasteiger partial charge in [0.25, 0.3) is 0 Å². The third-order valence-corrected chi connectivity index (χ3v) is 7.04. The highest BCUT2D eigenvalue weighted by molar-refractivity contribution is 7.91. The Morgan fingerprint density at radius 2 is 2.14 bits per heavy atom. The van der Waals surface area contributed by atoms with Crippen molar-refractivity contribution in [1.29, 1.82) is 0 Å². The monoisotopic (exact) mass is 330 g/mol. The highest BCUT2D eigenvalue weighted by Gasteiger charge is 2.37. The lowest BCUT2D eigenvalue weighted by Crippen LogP contribution is -2.43. The zero-order valence-corrected chi connectivity index (χ0v) is 13.6. The van der Waals surface area contributed by atoms with Crippen molar-refractivity contribution >= 4 is 21.2 Å². The number of aliphatic hydroxyl groups is 1. The average Bonchev–Trinajstić information content (AvgIpc) is 3.13. The van der Waals surface area contributed by atoms with E-state index in [2.05, 4.69) is 27.7 Å². The van der Waals surface area contributed by atoms with Crippen molar-refractivity contribution in [2.45, 2.75) is 31.0 Å². The molecule has 0 radical (unpaired) electrons. The molecule has 0 bridgehead atoms. The standard InChI is InChI=1S/C14H22N2O3S2/c17-13-10-21(18,19)9-11(13)15-8-12(14-4-3-7-20-14)16-5-1-2-6-16/h3-4,7,11-13,15,17H,1-2,5-6,8-10H2/t11-,12+,13-/m1/s1. The molecule has 0 saturated carbocycles. The quantitative estimate of drug-likeness (QED) is 0.829. The Morgan fingerprint density at radius 3 is 2.71 bits per heavy atom. The predicted molar refractivity (Wildman–Crippen MR) is 84.3 cm³/mol. The summed E-state index contributed by atoms with van der Waals surface area (Å²) < 4.78 is 23.1. The van der Waals surface area contributed by atoms with Crippen molar-refractivity contribution in [2.24, 2.45) is 0 Å². The molecule has 1 aromatic rings. The number of nitrogens with one attached hydrogen (secondary N) is 1. The average molecular weight is 330 g/mol. The lowest BCUT2D eigenvalue weighted by Gasteiger charge is -2.28. The Balaban J connectivity index is 1.65. The van der Waals surface area contributed by atoms with Gasteiger partial charge in [0, 0.05) is 17.5 Å². The molecule has 3 atom stereocenters. The number of hydrogen-bond acceptors (Lipinski definition) is 6.